The van der Waals surface area contributed by atoms with Gasteiger partial charge in [0.15, 0.2) is 6.10 Å². The molecule has 1 heterocycles. The van der Waals surface area contributed by atoms with Crippen molar-refractivity contribution in [1.82, 2.24) is 0 Å². The molecule has 0 spiro atoms. The Balaban J connectivity index is 1.64. The van der Waals surface area contributed by atoms with Crippen LogP contribution in [0.5, 0.6) is 0 Å². The maximum absolute atomic E-state index is 12.1. The summed E-state index contributed by atoms with van der Waals surface area (Å²) >= 11 is 12.0. The van der Waals surface area contributed by atoms with Gasteiger partial charge in [-0.05, 0) is 28.8 Å². The van der Waals surface area contributed by atoms with Crippen molar-refractivity contribution in [1.29, 1.82) is 0 Å². The summed E-state index contributed by atoms with van der Waals surface area (Å²) in [5, 5.41) is 0.979. The van der Waals surface area contributed by atoms with E-state index in [-0.39, 0.29) is 12.6 Å². The van der Waals surface area contributed by atoms with E-state index >= 15 is 0 Å². The third-order valence-electron chi connectivity index (χ3n) is 3.57. The minimum Gasteiger partial charge on any atom is -0.459 e. The molecule has 1 aliphatic rings. The zero-order chi connectivity index (χ0) is 15.5. The van der Waals surface area contributed by atoms with Gasteiger partial charge in [-0.25, -0.2) is 4.79 Å². The van der Waals surface area contributed by atoms with Crippen LogP contribution < -0.4 is 0 Å². The molecule has 0 amide bonds. The number of carbonyl (C=O) groups excluding carboxylic acids is 1. The number of carbonyl (C=O) groups is 1. The van der Waals surface area contributed by atoms with Crippen molar-refractivity contribution in [2.45, 2.75) is 25.7 Å². The molecule has 22 heavy (non-hydrogen) atoms. The topological polar surface area (TPSA) is 35.5 Å². The van der Waals surface area contributed by atoms with E-state index < -0.39 is 6.10 Å². The Bertz CT molecular complexity index is 686. The third kappa shape index (κ3) is 3.43. The normalized spacial score (nSPS) is 16.9. The van der Waals surface area contributed by atoms with Gasteiger partial charge in [-0.3, -0.25) is 0 Å². The molecule has 2 aromatic rings. The van der Waals surface area contributed by atoms with Crippen LogP contribution in [0.1, 0.15) is 16.7 Å². The molecule has 0 N–H and O–H groups in total. The smallest absolute Gasteiger partial charge is 0.335 e. The van der Waals surface area contributed by atoms with Crippen molar-refractivity contribution >= 4 is 29.2 Å². The van der Waals surface area contributed by atoms with Crippen LogP contribution in [0.25, 0.3) is 0 Å². The molecular weight excluding hydrogens is 323 g/mol. The van der Waals surface area contributed by atoms with E-state index in [2.05, 4.69) is 0 Å². The molecule has 1 atom stereocenters. The van der Waals surface area contributed by atoms with Crippen molar-refractivity contribution in [3.05, 3.63) is 69.2 Å². The van der Waals surface area contributed by atoms with Crippen molar-refractivity contribution < 1.29 is 14.3 Å². The van der Waals surface area contributed by atoms with E-state index in [1.807, 2.05) is 30.3 Å². The molecule has 3 nitrogen and oxygen atoms in total. The number of ether oxygens (including phenoxy) is 2. The van der Waals surface area contributed by atoms with Gasteiger partial charge >= 0.3 is 5.97 Å². The van der Waals surface area contributed by atoms with Gasteiger partial charge in [-0.15, -0.1) is 0 Å². The van der Waals surface area contributed by atoms with Gasteiger partial charge in [0.1, 0.15) is 6.61 Å². The molecule has 114 valence electrons. The minimum absolute atomic E-state index is 0.244. The highest BCUT2D eigenvalue weighted by atomic mass is 35.5. The van der Waals surface area contributed by atoms with E-state index in [0.29, 0.717) is 23.1 Å². The molecule has 0 unspecified atom stereocenters. The van der Waals surface area contributed by atoms with E-state index in [9.17, 15) is 4.79 Å². The summed E-state index contributed by atoms with van der Waals surface area (Å²) in [5.74, 6) is -0.361. The molecule has 5 heteroatoms. The lowest BCUT2D eigenvalue weighted by atomic mass is 9.99. The SMILES string of the molecule is O=C(OCc1ccccc1)[C@H]1Cc2cc(Cl)c(Cl)cc2CO1. The molecule has 0 saturated heterocycles. The first-order valence-electron chi connectivity index (χ1n) is 6.92. The Hall–Kier alpha value is -1.55. The van der Waals surface area contributed by atoms with Crippen LogP contribution in [0.15, 0.2) is 42.5 Å². The Morgan fingerprint density at radius 3 is 2.55 bits per heavy atom. The van der Waals surface area contributed by atoms with E-state index in [1.165, 1.54) is 0 Å². The number of benzene rings is 2. The van der Waals surface area contributed by atoms with Gasteiger partial charge in [0.25, 0.3) is 0 Å². The highest BCUT2D eigenvalue weighted by molar-refractivity contribution is 6.42. The molecule has 0 bridgehead atoms. The summed E-state index contributed by atoms with van der Waals surface area (Å²) in [4.78, 5) is 12.1. The predicted molar refractivity (Wildman–Crippen MR) is 85.0 cm³/mol. The third-order valence-corrected chi connectivity index (χ3v) is 4.30. The highest BCUT2D eigenvalue weighted by Gasteiger charge is 2.27. The first-order chi connectivity index (χ1) is 10.6. The molecule has 1 aliphatic heterocycles. The molecule has 0 aromatic heterocycles. The van der Waals surface area contributed by atoms with Gasteiger partial charge in [0.05, 0.1) is 16.7 Å². The second-order valence-electron chi connectivity index (χ2n) is 5.13. The first kappa shape index (κ1) is 15.3. The maximum atomic E-state index is 12.1. The standard InChI is InChI=1S/C17H14Cl2O3/c18-14-6-12-8-16(21-10-13(12)7-15(14)19)17(20)22-9-11-4-2-1-3-5-11/h1-7,16H,8-10H2/t16-/m1/s1. The zero-order valence-electron chi connectivity index (χ0n) is 11.7. The van der Waals surface area contributed by atoms with Crippen LogP contribution in [-0.2, 0) is 33.9 Å². The summed E-state index contributed by atoms with van der Waals surface area (Å²) in [5.41, 5.74) is 2.88. The van der Waals surface area contributed by atoms with E-state index in [1.54, 1.807) is 12.1 Å². The van der Waals surface area contributed by atoms with Crippen molar-refractivity contribution in [2.75, 3.05) is 0 Å². The second kappa shape index (κ2) is 6.69. The van der Waals surface area contributed by atoms with Gasteiger partial charge < -0.3 is 9.47 Å². The number of halogens is 2. The lowest BCUT2D eigenvalue weighted by Crippen LogP contribution is -2.32. The average Bonchev–Trinajstić information content (AvgIpc) is 2.54. The summed E-state index contributed by atoms with van der Waals surface area (Å²) in [6.07, 6.45) is -0.159. The molecule has 0 fully saturated rings. The lowest BCUT2D eigenvalue weighted by Gasteiger charge is -2.24. The Morgan fingerprint density at radius 1 is 1.14 bits per heavy atom. The van der Waals surface area contributed by atoms with Crippen LogP contribution in [0.4, 0.5) is 0 Å². The average molecular weight is 337 g/mol. The molecule has 2 aromatic carbocycles. The van der Waals surface area contributed by atoms with Crippen molar-refractivity contribution in [3.8, 4) is 0 Å². The Kier molecular flexibility index (Phi) is 4.67. The number of hydrogen-bond donors (Lipinski definition) is 0. The molecule has 0 radical (unpaired) electrons. The van der Waals surface area contributed by atoms with Crippen molar-refractivity contribution in [3.63, 3.8) is 0 Å². The first-order valence-corrected chi connectivity index (χ1v) is 7.68. The molecule has 0 saturated carbocycles. The van der Waals surface area contributed by atoms with Gasteiger partial charge in [-0.1, -0.05) is 53.5 Å². The van der Waals surface area contributed by atoms with Crippen LogP contribution in [0.2, 0.25) is 10.0 Å². The number of fused-ring (bicyclic) bond motifs is 1. The fourth-order valence-electron chi connectivity index (χ4n) is 2.38. The number of rotatable bonds is 3. The van der Waals surface area contributed by atoms with Gasteiger partial charge in [-0.2, -0.15) is 0 Å². The van der Waals surface area contributed by atoms with Crippen LogP contribution >= 0.6 is 23.2 Å². The highest BCUT2D eigenvalue weighted by Crippen LogP contribution is 2.30. The zero-order valence-corrected chi connectivity index (χ0v) is 13.2. The predicted octanol–water partition coefficient (Wildman–Crippen LogP) is 4.18. The quantitative estimate of drug-likeness (QED) is 0.789. The van der Waals surface area contributed by atoms with Crippen LogP contribution in [0, 0.1) is 0 Å². The van der Waals surface area contributed by atoms with Crippen molar-refractivity contribution in [2.24, 2.45) is 0 Å². The van der Waals surface area contributed by atoms with E-state index in [0.717, 1.165) is 16.7 Å². The lowest BCUT2D eigenvalue weighted by molar-refractivity contribution is -0.160. The van der Waals surface area contributed by atoms with E-state index in [4.69, 9.17) is 32.7 Å². The fourth-order valence-corrected chi connectivity index (χ4v) is 2.75. The van der Waals surface area contributed by atoms with Crippen LogP contribution in [-0.4, -0.2) is 12.1 Å². The molecular formula is C17H14Cl2O3. The minimum atomic E-state index is -0.603. The summed E-state index contributed by atoms with van der Waals surface area (Å²) < 4.78 is 10.9. The number of esters is 1. The molecule has 0 aliphatic carbocycles. The Morgan fingerprint density at radius 2 is 1.82 bits per heavy atom. The monoisotopic (exact) mass is 336 g/mol. The molecule has 3 rings (SSSR count). The van der Waals surface area contributed by atoms with Crippen LogP contribution in [0.3, 0.4) is 0 Å². The van der Waals surface area contributed by atoms with Gasteiger partial charge in [0, 0.05) is 6.42 Å². The number of hydrogen-bond acceptors (Lipinski definition) is 3. The van der Waals surface area contributed by atoms with Gasteiger partial charge in [0.2, 0.25) is 0 Å². The summed E-state index contributed by atoms with van der Waals surface area (Å²) in [6.45, 7) is 0.574. The fraction of sp³-hybridized carbons (Fsp3) is 0.235. The second-order valence-corrected chi connectivity index (χ2v) is 5.95. The largest absolute Gasteiger partial charge is 0.459 e. The Labute approximate surface area is 138 Å². The maximum Gasteiger partial charge on any atom is 0.335 e. The summed E-state index contributed by atoms with van der Waals surface area (Å²) in [6, 6.07) is 13.1. The summed E-state index contributed by atoms with van der Waals surface area (Å²) in [7, 11) is 0.